The Labute approximate surface area is 83.1 Å². The highest BCUT2D eigenvalue weighted by molar-refractivity contribution is 4.70. The van der Waals surface area contributed by atoms with Crippen LogP contribution in [0.2, 0.25) is 0 Å². The van der Waals surface area contributed by atoms with E-state index in [2.05, 4.69) is 46.9 Å². The van der Waals surface area contributed by atoms with Crippen LogP contribution in [0.4, 0.5) is 0 Å². The van der Waals surface area contributed by atoms with Crippen LogP contribution in [0.1, 0.15) is 41.5 Å². The Morgan fingerprint density at radius 1 is 1.23 bits per heavy atom. The smallest absolute Gasteiger partial charge is 0.0729 e. The van der Waals surface area contributed by atoms with Gasteiger partial charge in [0.15, 0.2) is 0 Å². The third kappa shape index (κ3) is 7.03. The van der Waals surface area contributed by atoms with Crippen molar-refractivity contribution in [2.45, 2.75) is 53.2 Å². The second kappa shape index (κ2) is 5.61. The van der Waals surface area contributed by atoms with Crippen LogP contribution < -0.4 is 5.32 Å². The van der Waals surface area contributed by atoms with Gasteiger partial charge in [-0.15, -0.1) is 0 Å². The van der Waals surface area contributed by atoms with E-state index >= 15 is 0 Å². The van der Waals surface area contributed by atoms with Crippen LogP contribution in [-0.2, 0) is 4.74 Å². The van der Waals surface area contributed by atoms with E-state index in [1.165, 1.54) is 0 Å². The van der Waals surface area contributed by atoms with E-state index in [0.717, 1.165) is 13.1 Å². The van der Waals surface area contributed by atoms with Crippen molar-refractivity contribution in [2.75, 3.05) is 13.1 Å². The van der Waals surface area contributed by atoms with Crippen LogP contribution >= 0.6 is 0 Å². The lowest BCUT2D eigenvalue weighted by atomic mass is 10.1. The molecular formula is C11H25NO. The van der Waals surface area contributed by atoms with Gasteiger partial charge in [-0.25, -0.2) is 0 Å². The maximum atomic E-state index is 5.94. The minimum Gasteiger partial charge on any atom is -0.371 e. The van der Waals surface area contributed by atoms with Crippen LogP contribution in [-0.4, -0.2) is 24.8 Å². The molecule has 0 aromatic heterocycles. The van der Waals surface area contributed by atoms with Gasteiger partial charge in [-0.05, 0) is 33.2 Å². The lowest BCUT2D eigenvalue weighted by Crippen LogP contribution is -2.38. The highest BCUT2D eigenvalue weighted by Gasteiger charge is 2.20. The molecule has 0 aliphatic heterocycles. The molecule has 0 spiro atoms. The summed E-state index contributed by atoms with van der Waals surface area (Å²) >= 11 is 0. The Bertz CT molecular complexity index is 127. The first-order valence-electron chi connectivity index (χ1n) is 5.25. The Balaban J connectivity index is 3.95. The van der Waals surface area contributed by atoms with Gasteiger partial charge in [0.2, 0.25) is 0 Å². The van der Waals surface area contributed by atoms with E-state index < -0.39 is 0 Å². The molecule has 0 amide bonds. The van der Waals surface area contributed by atoms with Crippen molar-refractivity contribution in [1.29, 1.82) is 0 Å². The summed E-state index contributed by atoms with van der Waals surface area (Å²) in [6, 6.07) is 0. The fourth-order valence-corrected chi connectivity index (χ4v) is 1.15. The summed E-state index contributed by atoms with van der Waals surface area (Å²) in [5.41, 5.74) is -0.0373. The van der Waals surface area contributed by atoms with Crippen molar-refractivity contribution in [3.8, 4) is 0 Å². The molecule has 1 atom stereocenters. The second-order valence-electron chi connectivity index (χ2n) is 4.82. The van der Waals surface area contributed by atoms with Gasteiger partial charge in [-0.3, -0.25) is 0 Å². The number of nitrogens with one attached hydrogen (secondary N) is 1. The molecule has 0 radical (unpaired) electrons. The highest BCUT2D eigenvalue weighted by atomic mass is 16.5. The lowest BCUT2D eigenvalue weighted by Gasteiger charge is -2.30. The molecule has 0 heterocycles. The fraction of sp³-hybridized carbons (Fsp3) is 1.00. The van der Waals surface area contributed by atoms with Gasteiger partial charge < -0.3 is 10.1 Å². The minimum atomic E-state index is -0.0373. The van der Waals surface area contributed by atoms with E-state index in [9.17, 15) is 0 Å². The van der Waals surface area contributed by atoms with Gasteiger partial charge in [0, 0.05) is 6.54 Å². The average molecular weight is 187 g/mol. The number of likely N-dealkylation sites (N-methyl/N-ethyl adjacent to an activating group) is 1. The summed E-state index contributed by atoms with van der Waals surface area (Å²) < 4.78 is 5.94. The molecule has 13 heavy (non-hydrogen) atoms. The van der Waals surface area contributed by atoms with Crippen molar-refractivity contribution in [1.82, 2.24) is 5.32 Å². The summed E-state index contributed by atoms with van der Waals surface area (Å²) in [6.45, 7) is 14.8. The molecule has 0 aromatic carbocycles. The first-order chi connectivity index (χ1) is 5.87. The van der Waals surface area contributed by atoms with E-state index in [1.54, 1.807) is 0 Å². The summed E-state index contributed by atoms with van der Waals surface area (Å²) in [5, 5.41) is 3.33. The number of ether oxygens (including phenoxy) is 1. The Morgan fingerprint density at radius 2 is 1.77 bits per heavy atom. The third-order valence-electron chi connectivity index (χ3n) is 1.84. The second-order valence-corrected chi connectivity index (χ2v) is 4.82. The molecule has 1 N–H and O–H groups in total. The van der Waals surface area contributed by atoms with Crippen LogP contribution in [0.15, 0.2) is 0 Å². The Kier molecular flexibility index (Phi) is 5.57. The van der Waals surface area contributed by atoms with Crippen LogP contribution in [0.5, 0.6) is 0 Å². The molecule has 2 heteroatoms. The fourth-order valence-electron chi connectivity index (χ4n) is 1.15. The van der Waals surface area contributed by atoms with Crippen LogP contribution in [0.25, 0.3) is 0 Å². The molecule has 0 rings (SSSR count). The van der Waals surface area contributed by atoms with Gasteiger partial charge in [-0.1, -0.05) is 20.8 Å². The normalized spacial score (nSPS) is 15.0. The molecule has 0 fully saturated rings. The molecule has 0 aliphatic rings. The van der Waals surface area contributed by atoms with Crippen LogP contribution in [0.3, 0.4) is 0 Å². The summed E-state index contributed by atoms with van der Waals surface area (Å²) in [7, 11) is 0. The molecule has 0 saturated heterocycles. The van der Waals surface area contributed by atoms with Gasteiger partial charge in [0.1, 0.15) is 0 Å². The molecule has 0 saturated carbocycles. The van der Waals surface area contributed by atoms with Crippen LogP contribution in [0, 0.1) is 5.92 Å². The van der Waals surface area contributed by atoms with E-state index in [4.69, 9.17) is 4.74 Å². The summed E-state index contributed by atoms with van der Waals surface area (Å²) in [5.74, 6) is 0.568. The minimum absolute atomic E-state index is 0.0373. The van der Waals surface area contributed by atoms with Crippen molar-refractivity contribution in [2.24, 2.45) is 5.92 Å². The standard InChI is InChI=1S/C11H25NO/c1-7-12-8-10(9(2)3)13-11(4,5)6/h9-10,12H,7-8H2,1-6H3. The van der Waals surface area contributed by atoms with Gasteiger partial charge in [0.05, 0.1) is 11.7 Å². The van der Waals surface area contributed by atoms with E-state index in [0.29, 0.717) is 12.0 Å². The van der Waals surface area contributed by atoms with Gasteiger partial charge in [-0.2, -0.15) is 0 Å². The number of hydrogen-bond acceptors (Lipinski definition) is 2. The molecule has 0 bridgehead atoms. The molecule has 0 aromatic rings. The third-order valence-corrected chi connectivity index (χ3v) is 1.84. The molecule has 2 nitrogen and oxygen atoms in total. The van der Waals surface area contributed by atoms with E-state index in [-0.39, 0.29) is 5.60 Å². The van der Waals surface area contributed by atoms with Gasteiger partial charge in [0.25, 0.3) is 0 Å². The molecule has 1 unspecified atom stereocenters. The monoisotopic (exact) mass is 187 g/mol. The zero-order valence-electron chi connectivity index (χ0n) is 9.98. The average Bonchev–Trinajstić information content (AvgIpc) is 1.95. The molecular weight excluding hydrogens is 162 g/mol. The largest absolute Gasteiger partial charge is 0.371 e. The zero-order chi connectivity index (χ0) is 10.5. The highest BCUT2D eigenvalue weighted by Crippen LogP contribution is 2.15. The van der Waals surface area contributed by atoms with Crippen molar-refractivity contribution >= 4 is 0 Å². The van der Waals surface area contributed by atoms with Crippen molar-refractivity contribution in [3.05, 3.63) is 0 Å². The summed E-state index contributed by atoms with van der Waals surface area (Å²) in [6.07, 6.45) is 0.319. The first-order valence-corrected chi connectivity index (χ1v) is 5.25. The summed E-state index contributed by atoms with van der Waals surface area (Å²) in [4.78, 5) is 0. The van der Waals surface area contributed by atoms with Crippen molar-refractivity contribution in [3.63, 3.8) is 0 Å². The van der Waals surface area contributed by atoms with Crippen molar-refractivity contribution < 1.29 is 4.74 Å². The zero-order valence-corrected chi connectivity index (χ0v) is 9.98. The predicted molar refractivity (Wildman–Crippen MR) is 58.0 cm³/mol. The van der Waals surface area contributed by atoms with Gasteiger partial charge >= 0.3 is 0 Å². The number of rotatable bonds is 5. The van der Waals surface area contributed by atoms with E-state index in [1.807, 2.05) is 0 Å². The lowest BCUT2D eigenvalue weighted by molar-refractivity contribution is -0.0773. The Hall–Kier alpha value is -0.0800. The topological polar surface area (TPSA) is 21.3 Å². The quantitative estimate of drug-likeness (QED) is 0.714. The maximum absolute atomic E-state index is 5.94. The number of hydrogen-bond donors (Lipinski definition) is 1. The SMILES string of the molecule is CCNCC(OC(C)(C)C)C(C)C. The first kappa shape index (κ1) is 12.9. The Morgan fingerprint density at radius 3 is 2.08 bits per heavy atom. The molecule has 0 aliphatic carbocycles. The molecule has 80 valence electrons. The maximum Gasteiger partial charge on any atom is 0.0729 e. The predicted octanol–water partition coefficient (Wildman–Crippen LogP) is 2.44.